The van der Waals surface area contributed by atoms with Crippen molar-refractivity contribution in [3.63, 3.8) is 0 Å². The van der Waals surface area contributed by atoms with Gasteiger partial charge in [0, 0.05) is 19.0 Å². The van der Waals surface area contributed by atoms with Crippen LogP contribution in [0.5, 0.6) is 0 Å². The van der Waals surface area contributed by atoms with Gasteiger partial charge in [-0.05, 0) is 36.5 Å². The van der Waals surface area contributed by atoms with Gasteiger partial charge in [0.15, 0.2) is 11.6 Å². The molecule has 19 heavy (non-hydrogen) atoms. The minimum Gasteiger partial charge on any atom is -0.352 e. The first kappa shape index (κ1) is 13.9. The standard InChI is InChI=1S/C14H18F2N2O/c15-11-5-4-9(6-12(11)16)8-18-14(19)7-10-2-1-3-13(10)17/h4-6,10,13H,1-3,7-8,17H2,(H,18,19)/t10-,13+/m0/s1. The Bertz CT molecular complexity index is 465. The lowest BCUT2D eigenvalue weighted by Crippen LogP contribution is -2.31. The number of amides is 1. The van der Waals surface area contributed by atoms with E-state index in [0.29, 0.717) is 12.0 Å². The van der Waals surface area contributed by atoms with Gasteiger partial charge in [0.2, 0.25) is 5.91 Å². The normalized spacial score (nSPS) is 22.5. The third kappa shape index (κ3) is 3.73. The number of hydrogen-bond acceptors (Lipinski definition) is 2. The second kappa shape index (κ2) is 6.10. The molecule has 1 saturated carbocycles. The number of carbonyl (C=O) groups excluding carboxylic acids is 1. The molecule has 1 fully saturated rings. The molecule has 0 unspecified atom stereocenters. The first-order valence-electron chi connectivity index (χ1n) is 6.52. The highest BCUT2D eigenvalue weighted by molar-refractivity contribution is 5.76. The van der Waals surface area contributed by atoms with Crippen LogP contribution in [0.1, 0.15) is 31.2 Å². The first-order valence-corrected chi connectivity index (χ1v) is 6.52. The van der Waals surface area contributed by atoms with Crippen molar-refractivity contribution in [1.29, 1.82) is 0 Å². The summed E-state index contributed by atoms with van der Waals surface area (Å²) >= 11 is 0. The van der Waals surface area contributed by atoms with Gasteiger partial charge in [0.05, 0.1) is 0 Å². The van der Waals surface area contributed by atoms with Crippen LogP contribution in [0.2, 0.25) is 0 Å². The van der Waals surface area contributed by atoms with Crippen molar-refractivity contribution in [2.24, 2.45) is 11.7 Å². The summed E-state index contributed by atoms with van der Waals surface area (Å²) in [6, 6.07) is 3.72. The fraction of sp³-hybridized carbons (Fsp3) is 0.500. The first-order chi connectivity index (χ1) is 9.06. The SMILES string of the molecule is N[C@@H]1CCC[C@H]1CC(=O)NCc1ccc(F)c(F)c1. The van der Waals surface area contributed by atoms with E-state index in [-0.39, 0.29) is 24.4 Å². The lowest BCUT2D eigenvalue weighted by atomic mass is 10.00. The van der Waals surface area contributed by atoms with Gasteiger partial charge in [0.1, 0.15) is 0 Å². The average Bonchev–Trinajstić information content (AvgIpc) is 2.77. The molecule has 1 amide bonds. The molecule has 2 atom stereocenters. The highest BCUT2D eigenvalue weighted by Gasteiger charge is 2.25. The molecule has 1 aromatic carbocycles. The molecule has 3 nitrogen and oxygen atoms in total. The fourth-order valence-corrected chi connectivity index (χ4v) is 2.48. The number of benzene rings is 1. The van der Waals surface area contributed by atoms with Crippen LogP contribution < -0.4 is 11.1 Å². The molecule has 2 rings (SSSR count). The van der Waals surface area contributed by atoms with E-state index in [0.717, 1.165) is 31.4 Å². The Morgan fingerprint density at radius 2 is 2.11 bits per heavy atom. The van der Waals surface area contributed by atoms with Crippen LogP contribution >= 0.6 is 0 Å². The molecule has 104 valence electrons. The summed E-state index contributed by atoms with van der Waals surface area (Å²) in [6.45, 7) is 0.206. The van der Waals surface area contributed by atoms with E-state index in [1.165, 1.54) is 6.07 Å². The Morgan fingerprint density at radius 1 is 1.32 bits per heavy atom. The van der Waals surface area contributed by atoms with Gasteiger partial charge in [-0.15, -0.1) is 0 Å². The van der Waals surface area contributed by atoms with Gasteiger partial charge >= 0.3 is 0 Å². The van der Waals surface area contributed by atoms with E-state index in [1.807, 2.05) is 0 Å². The Labute approximate surface area is 111 Å². The second-order valence-corrected chi connectivity index (χ2v) is 5.08. The lowest BCUT2D eigenvalue weighted by Gasteiger charge is -2.14. The van der Waals surface area contributed by atoms with Crippen molar-refractivity contribution >= 4 is 5.91 Å². The molecule has 0 radical (unpaired) electrons. The molecule has 1 aliphatic rings. The smallest absolute Gasteiger partial charge is 0.220 e. The van der Waals surface area contributed by atoms with Crippen molar-refractivity contribution in [3.05, 3.63) is 35.4 Å². The van der Waals surface area contributed by atoms with Crippen LogP contribution in [-0.2, 0) is 11.3 Å². The quantitative estimate of drug-likeness (QED) is 0.878. The molecule has 5 heteroatoms. The van der Waals surface area contributed by atoms with Crippen LogP contribution in [0.3, 0.4) is 0 Å². The summed E-state index contributed by atoms with van der Waals surface area (Å²) in [6.07, 6.45) is 3.44. The highest BCUT2D eigenvalue weighted by atomic mass is 19.2. The summed E-state index contributed by atoms with van der Waals surface area (Å²) in [4.78, 5) is 11.7. The van der Waals surface area contributed by atoms with Crippen molar-refractivity contribution in [2.45, 2.75) is 38.3 Å². The number of halogens is 2. The zero-order valence-corrected chi connectivity index (χ0v) is 10.7. The summed E-state index contributed by atoms with van der Waals surface area (Å²) in [5, 5.41) is 2.71. The Morgan fingerprint density at radius 3 is 2.74 bits per heavy atom. The third-order valence-corrected chi connectivity index (χ3v) is 3.64. The summed E-state index contributed by atoms with van der Waals surface area (Å²) in [5.41, 5.74) is 6.44. The van der Waals surface area contributed by atoms with Crippen molar-refractivity contribution in [2.75, 3.05) is 0 Å². The van der Waals surface area contributed by atoms with Gasteiger partial charge in [-0.25, -0.2) is 8.78 Å². The summed E-state index contributed by atoms with van der Waals surface area (Å²) < 4.78 is 25.7. The van der Waals surface area contributed by atoms with Crippen LogP contribution in [-0.4, -0.2) is 11.9 Å². The number of nitrogens with one attached hydrogen (secondary N) is 1. The minimum absolute atomic E-state index is 0.0907. The third-order valence-electron chi connectivity index (χ3n) is 3.64. The van der Waals surface area contributed by atoms with Crippen LogP contribution in [0.4, 0.5) is 8.78 Å². The number of carbonyl (C=O) groups is 1. The maximum absolute atomic E-state index is 13.0. The van der Waals surface area contributed by atoms with E-state index >= 15 is 0 Å². The van der Waals surface area contributed by atoms with Gasteiger partial charge < -0.3 is 11.1 Å². The van der Waals surface area contributed by atoms with E-state index in [2.05, 4.69) is 5.32 Å². The second-order valence-electron chi connectivity index (χ2n) is 5.08. The molecule has 1 aromatic rings. The van der Waals surface area contributed by atoms with Gasteiger partial charge in [-0.1, -0.05) is 12.5 Å². The molecule has 0 spiro atoms. The zero-order valence-electron chi connectivity index (χ0n) is 10.7. The van der Waals surface area contributed by atoms with Gasteiger partial charge in [-0.2, -0.15) is 0 Å². The molecular weight excluding hydrogens is 250 g/mol. The van der Waals surface area contributed by atoms with Crippen molar-refractivity contribution < 1.29 is 13.6 Å². The van der Waals surface area contributed by atoms with Crippen molar-refractivity contribution in [3.8, 4) is 0 Å². The van der Waals surface area contributed by atoms with E-state index < -0.39 is 11.6 Å². The van der Waals surface area contributed by atoms with E-state index in [1.54, 1.807) is 0 Å². The molecular formula is C14H18F2N2O. The molecule has 0 saturated heterocycles. The number of hydrogen-bond donors (Lipinski definition) is 2. The number of nitrogens with two attached hydrogens (primary N) is 1. The van der Waals surface area contributed by atoms with E-state index in [4.69, 9.17) is 5.73 Å². The van der Waals surface area contributed by atoms with Gasteiger partial charge in [-0.3, -0.25) is 4.79 Å². The van der Waals surface area contributed by atoms with Crippen LogP contribution in [0.25, 0.3) is 0 Å². The molecule has 0 aliphatic heterocycles. The van der Waals surface area contributed by atoms with Gasteiger partial charge in [0.25, 0.3) is 0 Å². The predicted octanol–water partition coefficient (Wildman–Crippen LogP) is 2.10. The van der Waals surface area contributed by atoms with Crippen LogP contribution in [0.15, 0.2) is 18.2 Å². The van der Waals surface area contributed by atoms with Crippen molar-refractivity contribution in [1.82, 2.24) is 5.32 Å². The molecule has 0 bridgehead atoms. The Kier molecular flexibility index (Phi) is 4.47. The van der Waals surface area contributed by atoms with Crippen LogP contribution in [0, 0.1) is 17.6 Å². The topological polar surface area (TPSA) is 55.1 Å². The minimum atomic E-state index is -0.899. The largest absolute Gasteiger partial charge is 0.352 e. The monoisotopic (exact) mass is 268 g/mol. The maximum atomic E-state index is 13.0. The Balaban J connectivity index is 1.81. The molecule has 3 N–H and O–H groups in total. The predicted molar refractivity (Wildman–Crippen MR) is 68.1 cm³/mol. The summed E-state index contributed by atoms with van der Waals surface area (Å²) in [7, 11) is 0. The maximum Gasteiger partial charge on any atom is 0.220 e. The summed E-state index contributed by atoms with van der Waals surface area (Å²) in [5.74, 6) is -1.63. The van der Waals surface area contributed by atoms with E-state index in [9.17, 15) is 13.6 Å². The fourth-order valence-electron chi connectivity index (χ4n) is 2.48. The average molecular weight is 268 g/mol. The zero-order chi connectivity index (χ0) is 13.8. The Hall–Kier alpha value is -1.49. The molecule has 0 heterocycles. The molecule has 0 aromatic heterocycles. The highest BCUT2D eigenvalue weighted by Crippen LogP contribution is 2.26. The number of rotatable bonds is 4. The lowest BCUT2D eigenvalue weighted by molar-refractivity contribution is -0.122. The molecule has 1 aliphatic carbocycles.